The first kappa shape index (κ1) is 24.9. The van der Waals surface area contributed by atoms with Gasteiger partial charge in [0.2, 0.25) is 5.75 Å². The van der Waals surface area contributed by atoms with Crippen LogP contribution in [0.1, 0.15) is 40.8 Å². The molecule has 1 N–H and O–H groups in total. The van der Waals surface area contributed by atoms with E-state index in [4.69, 9.17) is 0 Å². The Morgan fingerprint density at radius 1 is 1.21 bits per heavy atom. The van der Waals surface area contributed by atoms with Gasteiger partial charge in [0.15, 0.2) is 11.5 Å². The number of Topliss-reactive ketones (excluding diaryl/α,β-unsaturated/α-hetero) is 1. The Bertz CT molecular complexity index is 1190. The maximum absolute atomic E-state index is 14.3. The van der Waals surface area contributed by atoms with Gasteiger partial charge in [-0.25, -0.2) is 18.2 Å². The molecule has 0 unspecified atom stereocenters. The van der Waals surface area contributed by atoms with E-state index in [1.165, 1.54) is 38.4 Å². The van der Waals surface area contributed by atoms with Gasteiger partial charge in [0.05, 0.1) is 12.6 Å². The number of alkyl halides is 2. The molecular formula is C22H23F3N4O5. The van der Waals surface area contributed by atoms with E-state index in [1.807, 2.05) is 0 Å². The van der Waals surface area contributed by atoms with Crippen LogP contribution >= 0.6 is 0 Å². The lowest BCUT2D eigenvalue weighted by molar-refractivity contribution is -0.151. The zero-order valence-electron chi connectivity index (χ0n) is 18.7. The molecule has 1 aromatic heterocycles. The van der Waals surface area contributed by atoms with Crippen LogP contribution in [0.2, 0.25) is 0 Å². The molecule has 1 fully saturated rings. The van der Waals surface area contributed by atoms with Crippen LogP contribution in [0.15, 0.2) is 29.1 Å². The second-order valence-electron chi connectivity index (χ2n) is 8.29. The Balaban J connectivity index is 1.97. The average molecular weight is 480 g/mol. The normalized spacial score (nSPS) is 17.0. The van der Waals surface area contributed by atoms with Crippen molar-refractivity contribution in [1.29, 1.82) is 0 Å². The Morgan fingerprint density at radius 2 is 1.82 bits per heavy atom. The summed E-state index contributed by atoms with van der Waals surface area (Å²) in [5.41, 5.74) is -1.06. The van der Waals surface area contributed by atoms with E-state index in [0.29, 0.717) is 10.5 Å². The fourth-order valence-electron chi connectivity index (χ4n) is 3.70. The van der Waals surface area contributed by atoms with Crippen LogP contribution in [0, 0.1) is 5.82 Å². The smallest absolute Gasteiger partial charge is 0.312 e. The number of hydrogen-bond acceptors (Lipinski definition) is 6. The molecule has 0 spiro atoms. The van der Waals surface area contributed by atoms with Crippen molar-refractivity contribution < 1.29 is 32.7 Å². The minimum Gasteiger partial charge on any atom is -0.501 e. The van der Waals surface area contributed by atoms with E-state index in [2.05, 4.69) is 4.98 Å². The van der Waals surface area contributed by atoms with E-state index in [1.54, 1.807) is 0 Å². The summed E-state index contributed by atoms with van der Waals surface area (Å²) in [5.74, 6) is -8.12. The highest BCUT2D eigenvalue weighted by Crippen LogP contribution is 2.40. The summed E-state index contributed by atoms with van der Waals surface area (Å²) in [5, 5.41) is 10.2. The molecule has 1 saturated heterocycles. The molecule has 2 heterocycles. The highest BCUT2D eigenvalue weighted by molar-refractivity contribution is 6.34. The van der Waals surface area contributed by atoms with Crippen molar-refractivity contribution in [2.45, 2.75) is 31.2 Å². The number of amides is 2. The molecule has 0 saturated carbocycles. The number of halogens is 3. The van der Waals surface area contributed by atoms with Gasteiger partial charge >= 0.3 is 11.8 Å². The molecule has 34 heavy (non-hydrogen) atoms. The van der Waals surface area contributed by atoms with Gasteiger partial charge in [0, 0.05) is 34.0 Å². The van der Waals surface area contributed by atoms with Crippen molar-refractivity contribution in [3.63, 3.8) is 0 Å². The van der Waals surface area contributed by atoms with Crippen LogP contribution in [-0.4, -0.2) is 68.6 Å². The number of ketones is 1. The van der Waals surface area contributed by atoms with Crippen molar-refractivity contribution in [1.82, 2.24) is 19.4 Å². The number of carbonyl (C=O) groups is 3. The van der Waals surface area contributed by atoms with Gasteiger partial charge in [-0.3, -0.25) is 23.7 Å². The van der Waals surface area contributed by atoms with Crippen molar-refractivity contribution in [2.24, 2.45) is 7.05 Å². The van der Waals surface area contributed by atoms with Gasteiger partial charge in [-0.2, -0.15) is 0 Å². The van der Waals surface area contributed by atoms with Crippen LogP contribution in [-0.2, 0) is 23.1 Å². The quantitative estimate of drug-likeness (QED) is 0.512. The van der Waals surface area contributed by atoms with Gasteiger partial charge in [0.1, 0.15) is 11.6 Å². The third kappa shape index (κ3) is 4.95. The summed E-state index contributed by atoms with van der Waals surface area (Å²) in [6, 6.07) is 3.89. The molecule has 0 bridgehead atoms. The van der Waals surface area contributed by atoms with Crippen LogP contribution in [0.25, 0.3) is 0 Å². The topological polar surface area (TPSA) is 113 Å². The molecular weight excluding hydrogens is 457 g/mol. The Labute approximate surface area is 192 Å². The first-order chi connectivity index (χ1) is 15.8. The number of hydrogen-bond donors (Lipinski definition) is 1. The van der Waals surface area contributed by atoms with E-state index < -0.39 is 65.3 Å². The summed E-state index contributed by atoms with van der Waals surface area (Å²) >= 11 is 0. The van der Waals surface area contributed by atoms with Gasteiger partial charge in [-0.15, -0.1) is 0 Å². The van der Waals surface area contributed by atoms with E-state index in [9.17, 15) is 37.5 Å². The van der Waals surface area contributed by atoms with Gasteiger partial charge < -0.3 is 14.9 Å². The zero-order chi connectivity index (χ0) is 25.4. The average Bonchev–Trinajstić information content (AvgIpc) is 3.11. The molecule has 2 aromatic rings. The fraction of sp³-hybridized carbons (Fsp3) is 0.409. The van der Waals surface area contributed by atoms with Gasteiger partial charge in [-0.1, -0.05) is 12.1 Å². The molecule has 0 aliphatic carbocycles. The lowest BCUT2D eigenvalue weighted by Crippen LogP contribution is -2.44. The van der Waals surface area contributed by atoms with Crippen molar-refractivity contribution in [3.05, 3.63) is 57.5 Å². The Kier molecular flexibility index (Phi) is 6.80. The SMILES string of the molecule is CN(C)C(=O)C(=O)N1CC(F)(F)C[C@H]1c1nc(C(=O)CCc2ccc(F)cc2)c(O)c(=O)n1C. The number of likely N-dealkylation sites (tertiary alicyclic amines) is 1. The summed E-state index contributed by atoms with van der Waals surface area (Å²) in [4.78, 5) is 55.6. The van der Waals surface area contributed by atoms with Crippen molar-refractivity contribution in [3.8, 4) is 5.75 Å². The Morgan fingerprint density at radius 3 is 2.41 bits per heavy atom. The fourth-order valence-corrected chi connectivity index (χ4v) is 3.70. The monoisotopic (exact) mass is 480 g/mol. The number of likely N-dealkylation sites (N-methyl/N-ethyl adjacent to an activating group) is 1. The van der Waals surface area contributed by atoms with Crippen molar-refractivity contribution >= 4 is 17.6 Å². The number of aromatic hydroxyl groups is 1. The molecule has 3 rings (SSSR count). The molecule has 1 aromatic carbocycles. The first-order valence-electron chi connectivity index (χ1n) is 10.3. The molecule has 1 atom stereocenters. The molecule has 0 radical (unpaired) electrons. The molecule has 182 valence electrons. The number of aryl methyl sites for hydroxylation is 1. The van der Waals surface area contributed by atoms with Gasteiger partial charge in [0.25, 0.3) is 11.5 Å². The number of nitrogens with zero attached hydrogens (tertiary/aromatic N) is 4. The lowest BCUT2D eigenvalue weighted by atomic mass is 10.1. The molecule has 2 amide bonds. The molecule has 12 heteroatoms. The third-order valence-electron chi connectivity index (χ3n) is 5.54. The second-order valence-corrected chi connectivity index (χ2v) is 8.29. The minimum atomic E-state index is -3.37. The predicted molar refractivity (Wildman–Crippen MR) is 113 cm³/mol. The van der Waals surface area contributed by atoms with E-state index >= 15 is 0 Å². The van der Waals surface area contributed by atoms with Crippen LogP contribution in [0.4, 0.5) is 13.2 Å². The lowest BCUT2D eigenvalue weighted by Gasteiger charge is -2.25. The summed E-state index contributed by atoms with van der Waals surface area (Å²) in [6.07, 6.45) is -0.983. The molecule has 1 aliphatic rings. The van der Waals surface area contributed by atoms with Crippen LogP contribution < -0.4 is 5.56 Å². The van der Waals surface area contributed by atoms with Crippen LogP contribution in [0.3, 0.4) is 0 Å². The number of aromatic nitrogens is 2. The van der Waals surface area contributed by atoms with Crippen molar-refractivity contribution in [2.75, 3.05) is 20.6 Å². The van der Waals surface area contributed by atoms with E-state index in [0.717, 1.165) is 16.5 Å². The highest BCUT2D eigenvalue weighted by Gasteiger charge is 2.50. The molecule has 9 nitrogen and oxygen atoms in total. The maximum atomic E-state index is 14.3. The maximum Gasteiger partial charge on any atom is 0.312 e. The largest absolute Gasteiger partial charge is 0.501 e. The number of rotatable bonds is 5. The Hall–Kier alpha value is -3.70. The van der Waals surface area contributed by atoms with Gasteiger partial charge in [-0.05, 0) is 24.1 Å². The minimum absolute atomic E-state index is 0.147. The predicted octanol–water partition coefficient (Wildman–Crippen LogP) is 1.44. The number of carbonyl (C=O) groups excluding carboxylic acids is 3. The summed E-state index contributed by atoms with van der Waals surface area (Å²) < 4.78 is 42.4. The second kappa shape index (κ2) is 9.27. The molecule has 1 aliphatic heterocycles. The van der Waals surface area contributed by atoms with Crippen LogP contribution in [0.5, 0.6) is 5.75 Å². The first-order valence-corrected chi connectivity index (χ1v) is 10.3. The summed E-state index contributed by atoms with van der Waals surface area (Å²) in [6.45, 7) is -1.07. The zero-order valence-corrected chi connectivity index (χ0v) is 18.7. The highest BCUT2D eigenvalue weighted by atomic mass is 19.3. The summed E-state index contributed by atoms with van der Waals surface area (Å²) in [7, 11) is 3.73. The van der Waals surface area contributed by atoms with E-state index in [-0.39, 0.29) is 18.7 Å². The standard InChI is InChI=1S/C22H23F3N4O5/c1-27(2)20(33)21(34)29-11-22(24,25)10-14(29)18-26-16(17(31)19(32)28(18)3)15(30)9-6-12-4-7-13(23)8-5-12/h4-5,7-8,14,31H,6,9-11H2,1-3H3/t14-/m0/s1. The third-order valence-corrected chi connectivity index (χ3v) is 5.54. The number of benzene rings is 1.